The zero-order valence-electron chi connectivity index (χ0n) is 16.0. The van der Waals surface area contributed by atoms with Crippen molar-refractivity contribution < 1.29 is 21.6 Å². The molecular formula is C19H23F3N4O2S. The number of guanidine groups is 1. The van der Waals surface area contributed by atoms with E-state index < -0.39 is 21.8 Å². The second-order valence-corrected chi connectivity index (χ2v) is 8.18. The lowest BCUT2D eigenvalue weighted by molar-refractivity contribution is -0.137. The molecule has 0 bridgehead atoms. The van der Waals surface area contributed by atoms with Gasteiger partial charge in [-0.15, -0.1) is 0 Å². The van der Waals surface area contributed by atoms with Crippen LogP contribution in [0.4, 0.5) is 13.2 Å². The van der Waals surface area contributed by atoms with Gasteiger partial charge in [-0.3, -0.25) is 4.99 Å². The van der Waals surface area contributed by atoms with E-state index in [0.717, 1.165) is 17.7 Å². The van der Waals surface area contributed by atoms with E-state index in [-0.39, 0.29) is 5.75 Å². The van der Waals surface area contributed by atoms with Gasteiger partial charge in [0.05, 0.1) is 11.3 Å². The van der Waals surface area contributed by atoms with Crippen molar-refractivity contribution in [3.8, 4) is 0 Å². The summed E-state index contributed by atoms with van der Waals surface area (Å²) < 4.78 is 63.2. The SMILES string of the molecule is CN=C(NCc1ccc(CS(=O)(=O)NC)cc1)NCc1ccc(C(F)(F)F)cc1. The minimum atomic E-state index is -4.35. The summed E-state index contributed by atoms with van der Waals surface area (Å²) in [5.41, 5.74) is 1.60. The molecule has 0 radical (unpaired) electrons. The van der Waals surface area contributed by atoms with Crippen molar-refractivity contribution in [2.75, 3.05) is 14.1 Å². The molecule has 2 rings (SSSR count). The molecule has 0 amide bonds. The summed E-state index contributed by atoms with van der Waals surface area (Å²) >= 11 is 0. The number of sulfonamides is 1. The van der Waals surface area contributed by atoms with Gasteiger partial charge >= 0.3 is 6.18 Å². The predicted octanol–water partition coefficient (Wildman–Crippen LogP) is 2.62. The summed E-state index contributed by atoms with van der Waals surface area (Å²) in [6.45, 7) is 0.768. The fraction of sp³-hybridized carbons (Fsp3) is 0.316. The number of halogens is 3. The molecule has 158 valence electrons. The summed E-state index contributed by atoms with van der Waals surface area (Å²) in [7, 11) is -0.354. The summed E-state index contributed by atoms with van der Waals surface area (Å²) in [4.78, 5) is 4.08. The maximum Gasteiger partial charge on any atom is 0.416 e. The van der Waals surface area contributed by atoms with E-state index in [9.17, 15) is 21.6 Å². The molecular weight excluding hydrogens is 405 g/mol. The van der Waals surface area contributed by atoms with Crippen molar-refractivity contribution in [2.24, 2.45) is 4.99 Å². The van der Waals surface area contributed by atoms with Gasteiger partial charge in [0.15, 0.2) is 5.96 Å². The van der Waals surface area contributed by atoms with Crippen molar-refractivity contribution in [1.29, 1.82) is 0 Å². The number of hydrogen-bond acceptors (Lipinski definition) is 3. The number of rotatable bonds is 7. The molecule has 0 aliphatic rings. The van der Waals surface area contributed by atoms with Gasteiger partial charge in [0.25, 0.3) is 0 Å². The second kappa shape index (κ2) is 9.75. The Morgan fingerprint density at radius 1 is 0.897 bits per heavy atom. The second-order valence-electron chi connectivity index (χ2n) is 6.25. The zero-order chi connectivity index (χ0) is 21.5. The molecule has 3 N–H and O–H groups in total. The Morgan fingerprint density at radius 2 is 1.34 bits per heavy atom. The van der Waals surface area contributed by atoms with Crippen LogP contribution in [0.2, 0.25) is 0 Å². The summed E-state index contributed by atoms with van der Waals surface area (Å²) in [5.74, 6) is 0.403. The molecule has 6 nitrogen and oxygen atoms in total. The standard InChI is InChI=1S/C19H23F3N4O2S/c1-23-18(26-12-15-7-9-17(10-8-15)19(20,21)22)25-11-14-3-5-16(6-4-14)13-29(27,28)24-2/h3-10,24H,11-13H2,1-2H3,(H2,23,25,26). The van der Waals surface area contributed by atoms with Crippen molar-refractivity contribution in [3.63, 3.8) is 0 Å². The Morgan fingerprint density at radius 3 is 1.76 bits per heavy atom. The molecule has 0 unspecified atom stereocenters. The Labute approximate surface area is 168 Å². The fourth-order valence-electron chi connectivity index (χ4n) is 2.45. The number of hydrogen-bond donors (Lipinski definition) is 3. The molecule has 10 heteroatoms. The van der Waals surface area contributed by atoms with E-state index in [1.165, 1.54) is 19.2 Å². The summed E-state index contributed by atoms with van der Waals surface area (Å²) in [6, 6.07) is 12.0. The van der Waals surface area contributed by atoms with E-state index in [1.54, 1.807) is 19.2 Å². The predicted molar refractivity (Wildman–Crippen MR) is 107 cm³/mol. The average Bonchev–Trinajstić information content (AvgIpc) is 2.69. The molecule has 0 aromatic heterocycles. The number of aliphatic imine (C=N–C) groups is 1. The molecule has 29 heavy (non-hydrogen) atoms. The average molecular weight is 428 g/mol. The van der Waals surface area contributed by atoms with Crippen molar-refractivity contribution in [2.45, 2.75) is 25.0 Å². The first-order valence-electron chi connectivity index (χ1n) is 8.72. The first-order chi connectivity index (χ1) is 13.6. The molecule has 0 aliphatic heterocycles. The first-order valence-corrected chi connectivity index (χ1v) is 10.4. The molecule has 0 heterocycles. The molecule has 2 aromatic carbocycles. The maximum absolute atomic E-state index is 12.6. The third kappa shape index (κ3) is 7.39. The lowest BCUT2D eigenvalue weighted by atomic mass is 10.1. The van der Waals surface area contributed by atoms with Crippen molar-refractivity contribution in [3.05, 3.63) is 70.8 Å². The zero-order valence-corrected chi connectivity index (χ0v) is 16.9. The van der Waals surface area contributed by atoms with Crippen LogP contribution in [0.15, 0.2) is 53.5 Å². The van der Waals surface area contributed by atoms with Crippen LogP contribution in [-0.4, -0.2) is 28.5 Å². The van der Waals surface area contributed by atoms with Crippen molar-refractivity contribution >= 4 is 16.0 Å². The molecule has 0 saturated carbocycles. The van der Waals surface area contributed by atoms with Gasteiger partial charge in [-0.1, -0.05) is 36.4 Å². The van der Waals surface area contributed by atoms with Gasteiger partial charge in [0.1, 0.15) is 0 Å². The maximum atomic E-state index is 12.6. The monoisotopic (exact) mass is 428 g/mol. The van der Waals surface area contributed by atoms with Gasteiger partial charge in [-0.05, 0) is 35.9 Å². The third-order valence-corrected chi connectivity index (χ3v) is 5.45. The van der Waals surface area contributed by atoms with Gasteiger partial charge in [0, 0.05) is 20.1 Å². The highest BCUT2D eigenvalue weighted by Crippen LogP contribution is 2.29. The minimum absolute atomic E-state index is 0.0897. The highest BCUT2D eigenvalue weighted by atomic mass is 32.2. The molecule has 0 aliphatic carbocycles. The lowest BCUT2D eigenvalue weighted by Crippen LogP contribution is -2.36. The van der Waals surface area contributed by atoms with Crippen LogP contribution in [-0.2, 0) is 35.0 Å². The highest BCUT2D eigenvalue weighted by molar-refractivity contribution is 7.88. The molecule has 0 atom stereocenters. The van der Waals surface area contributed by atoms with Crippen LogP contribution in [0.1, 0.15) is 22.3 Å². The van der Waals surface area contributed by atoms with E-state index >= 15 is 0 Å². The normalized spacial score (nSPS) is 12.7. The topological polar surface area (TPSA) is 82.6 Å². The number of alkyl halides is 3. The van der Waals surface area contributed by atoms with E-state index in [2.05, 4.69) is 20.3 Å². The van der Waals surface area contributed by atoms with Crippen LogP contribution < -0.4 is 15.4 Å². The molecule has 0 fully saturated rings. The van der Waals surface area contributed by atoms with Gasteiger partial charge < -0.3 is 10.6 Å². The van der Waals surface area contributed by atoms with Crippen LogP contribution >= 0.6 is 0 Å². The van der Waals surface area contributed by atoms with Gasteiger partial charge in [0.2, 0.25) is 10.0 Å². The van der Waals surface area contributed by atoms with Crippen molar-refractivity contribution in [1.82, 2.24) is 15.4 Å². The largest absolute Gasteiger partial charge is 0.416 e. The van der Waals surface area contributed by atoms with Crippen LogP contribution in [0.25, 0.3) is 0 Å². The number of nitrogens with one attached hydrogen (secondary N) is 3. The quantitative estimate of drug-likeness (QED) is 0.468. The number of nitrogens with zero attached hydrogens (tertiary/aromatic N) is 1. The van der Waals surface area contributed by atoms with Crippen LogP contribution in [0.3, 0.4) is 0 Å². The summed E-state index contributed by atoms with van der Waals surface area (Å²) in [6.07, 6.45) is -4.35. The van der Waals surface area contributed by atoms with Gasteiger partial charge in [-0.25, -0.2) is 13.1 Å². The Balaban J connectivity index is 1.86. The first kappa shape index (κ1) is 22.7. The van der Waals surface area contributed by atoms with E-state index in [0.29, 0.717) is 30.2 Å². The van der Waals surface area contributed by atoms with Gasteiger partial charge in [-0.2, -0.15) is 13.2 Å². The minimum Gasteiger partial charge on any atom is -0.352 e. The highest BCUT2D eigenvalue weighted by Gasteiger charge is 2.29. The molecule has 0 saturated heterocycles. The third-order valence-electron chi connectivity index (χ3n) is 4.12. The van der Waals surface area contributed by atoms with E-state index in [1.807, 2.05) is 12.1 Å². The lowest BCUT2D eigenvalue weighted by Gasteiger charge is -2.13. The Hall–Kier alpha value is -2.59. The molecule has 2 aromatic rings. The fourth-order valence-corrected chi connectivity index (χ4v) is 3.22. The Kier molecular flexibility index (Phi) is 7.63. The smallest absolute Gasteiger partial charge is 0.352 e. The van der Waals surface area contributed by atoms with Crippen LogP contribution in [0, 0.1) is 0 Å². The van der Waals surface area contributed by atoms with E-state index in [4.69, 9.17) is 0 Å². The molecule has 0 spiro atoms. The Bertz CT molecular complexity index is 925. The number of benzene rings is 2. The summed E-state index contributed by atoms with van der Waals surface area (Å²) in [5, 5.41) is 6.13. The van der Waals surface area contributed by atoms with Crippen LogP contribution in [0.5, 0.6) is 0 Å².